The van der Waals surface area contributed by atoms with Gasteiger partial charge in [-0.1, -0.05) is 25.1 Å². The zero-order chi connectivity index (χ0) is 19.8. The van der Waals surface area contributed by atoms with Crippen molar-refractivity contribution in [1.29, 1.82) is 0 Å². The SMILES string of the molecule is CCc1ccccc1OCC(CO)Nc1ccc(Oc2ccc(N)cc2)cc1. The van der Waals surface area contributed by atoms with Crippen LogP contribution in [0.4, 0.5) is 11.4 Å². The Hall–Kier alpha value is -3.18. The van der Waals surface area contributed by atoms with Crippen molar-refractivity contribution in [2.75, 3.05) is 24.3 Å². The number of anilines is 2. The molecule has 146 valence electrons. The number of para-hydroxylation sites is 1. The van der Waals surface area contributed by atoms with E-state index in [1.54, 1.807) is 12.1 Å². The zero-order valence-corrected chi connectivity index (χ0v) is 16.0. The summed E-state index contributed by atoms with van der Waals surface area (Å²) in [6.45, 7) is 2.44. The highest BCUT2D eigenvalue weighted by Crippen LogP contribution is 2.24. The van der Waals surface area contributed by atoms with Gasteiger partial charge in [0.05, 0.1) is 12.6 Å². The molecule has 0 saturated heterocycles. The van der Waals surface area contributed by atoms with Gasteiger partial charge in [0.15, 0.2) is 0 Å². The summed E-state index contributed by atoms with van der Waals surface area (Å²) in [4.78, 5) is 0. The van der Waals surface area contributed by atoms with Gasteiger partial charge in [0.25, 0.3) is 0 Å². The third-order valence-electron chi connectivity index (χ3n) is 4.35. The summed E-state index contributed by atoms with van der Waals surface area (Å²) < 4.78 is 11.7. The molecule has 0 heterocycles. The number of hydrogen-bond acceptors (Lipinski definition) is 5. The average molecular weight is 378 g/mol. The van der Waals surface area contributed by atoms with Crippen LogP contribution in [0.25, 0.3) is 0 Å². The molecule has 0 aromatic heterocycles. The topological polar surface area (TPSA) is 76.7 Å². The van der Waals surface area contributed by atoms with Crippen LogP contribution in [0.3, 0.4) is 0 Å². The number of benzene rings is 3. The smallest absolute Gasteiger partial charge is 0.127 e. The second-order valence-electron chi connectivity index (χ2n) is 6.49. The number of hydrogen-bond donors (Lipinski definition) is 3. The van der Waals surface area contributed by atoms with E-state index in [0.29, 0.717) is 12.3 Å². The van der Waals surface area contributed by atoms with Gasteiger partial charge in [-0.3, -0.25) is 0 Å². The van der Waals surface area contributed by atoms with E-state index in [1.165, 1.54) is 0 Å². The molecule has 1 atom stereocenters. The summed E-state index contributed by atoms with van der Waals surface area (Å²) in [5.41, 5.74) is 8.42. The van der Waals surface area contributed by atoms with Gasteiger partial charge in [0.1, 0.15) is 23.9 Å². The second kappa shape index (κ2) is 9.67. The summed E-state index contributed by atoms with van der Waals surface area (Å²) in [5, 5.41) is 13.0. The van der Waals surface area contributed by atoms with Crippen LogP contribution in [0.15, 0.2) is 72.8 Å². The molecule has 3 aromatic rings. The van der Waals surface area contributed by atoms with Crippen molar-refractivity contribution < 1.29 is 14.6 Å². The molecule has 28 heavy (non-hydrogen) atoms. The van der Waals surface area contributed by atoms with E-state index < -0.39 is 0 Å². The first-order valence-corrected chi connectivity index (χ1v) is 9.39. The van der Waals surface area contributed by atoms with Gasteiger partial charge in [-0.25, -0.2) is 0 Å². The summed E-state index contributed by atoms with van der Waals surface area (Å²) in [6.07, 6.45) is 0.906. The number of aryl methyl sites for hydroxylation is 1. The Bertz CT molecular complexity index is 864. The molecule has 0 aliphatic carbocycles. The molecule has 4 N–H and O–H groups in total. The Morgan fingerprint density at radius 1 is 0.929 bits per heavy atom. The molecule has 3 aromatic carbocycles. The Kier molecular flexibility index (Phi) is 6.76. The fourth-order valence-electron chi connectivity index (χ4n) is 2.79. The average Bonchev–Trinajstić information content (AvgIpc) is 2.74. The predicted molar refractivity (Wildman–Crippen MR) is 113 cm³/mol. The van der Waals surface area contributed by atoms with E-state index in [4.69, 9.17) is 15.2 Å². The van der Waals surface area contributed by atoms with Gasteiger partial charge in [-0.15, -0.1) is 0 Å². The minimum absolute atomic E-state index is 0.0298. The molecule has 0 radical (unpaired) electrons. The minimum atomic E-state index is -0.214. The highest BCUT2D eigenvalue weighted by atomic mass is 16.5. The van der Waals surface area contributed by atoms with Crippen molar-refractivity contribution >= 4 is 11.4 Å². The lowest BCUT2D eigenvalue weighted by atomic mass is 10.1. The maximum atomic E-state index is 9.69. The van der Waals surface area contributed by atoms with E-state index >= 15 is 0 Å². The van der Waals surface area contributed by atoms with Crippen LogP contribution >= 0.6 is 0 Å². The predicted octanol–water partition coefficient (Wildman–Crippen LogP) is 4.48. The molecule has 0 saturated carbocycles. The van der Waals surface area contributed by atoms with Crippen molar-refractivity contribution in [3.8, 4) is 17.2 Å². The molecule has 5 heteroatoms. The van der Waals surface area contributed by atoms with Crippen molar-refractivity contribution in [2.24, 2.45) is 0 Å². The zero-order valence-electron chi connectivity index (χ0n) is 16.0. The third-order valence-corrected chi connectivity index (χ3v) is 4.35. The first kappa shape index (κ1) is 19.6. The van der Waals surface area contributed by atoms with Crippen LogP contribution in [0.1, 0.15) is 12.5 Å². The summed E-state index contributed by atoms with van der Waals surface area (Å²) >= 11 is 0. The van der Waals surface area contributed by atoms with Crippen molar-refractivity contribution in [3.05, 3.63) is 78.4 Å². The molecule has 3 rings (SSSR count). The number of nitrogen functional groups attached to an aromatic ring is 1. The summed E-state index contributed by atoms with van der Waals surface area (Å²) in [6, 6.07) is 22.6. The standard InChI is InChI=1S/C23H26N2O3/c1-2-17-5-3-4-6-23(17)27-16-20(15-26)25-19-9-13-22(14-10-19)28-21-11-7-18(24)8-12-21/h3-14,20,25-26H,2,15-16,24H2,1H3. The Morgan fingerprint density at radius 2 is 1.57 bits per heavy atom. The molecule has 0 aliphatic rings. The van der Waals surface area contributed by atoms with Gasteiger partial charge in [0, 0.05) is 11.4 Å². The number of nitrogens with two attached hydrogens (primary N) is 1. The molecule has 0 spiro atoms. The monoisotopic (exact) mass is 378 g/mol. The maximum Gasteiger partial charge on any atom is 0.127 e. The van der Waals surface area contributed by atoms with Crippen LogP contribution in [-0.2, 0) is 6.42 Å². The quantitative estimate of drug-likeness (QED) is 0.479. The van der Waals surface area contributed by atoms with E-state index in [1.807, 2.05) is 54.6 Å². The van der Waals surface area contributed by atoms with Gasteiger partial charge in [-0.2, -0.15) is 0 Å². The van der Waals surface area contributed by atoms with E-state index in [9.17, 15) is 5.11 Å². The Balaban J connectivity index is 1.56. The summed E-state index contributed by atoms with van der Waals surface area (Å²) in [7, 11) is 0. The number of ether oxygens (including phenoxy) is 2. The van der Waals surface area contributed by atoms with Crippen molar-refractivity contribution in [3.63, 3.8) is 0 Å². The fourth-order valence-corrected chi connectivity index (χ4v) is 2.79. The number of aliphatic hydroxyl groups excluding tert-OH is 1. The molecule has 0 aliphatic heterocycles. The minimum Gasteiger partial charge on any atom is -0.491 e. The first-order valence-electron chi connectivity index (χ1n) is 9.39. The van der Waals surface area contributed by atoms with Crippen LogP contribution in [0.5, 0.6) is 17.2 Å². The molecule has 0 fully saturated rings. The lowest BCUT2D eigenvalue weighted by Gasteiger charge is -2.19. The Morgan fingerprint density at radius 3 is 2.21 bits per heavy atom. The lowest BCUT2D eigenvalue weighted by Crippen LogP contribution is -2.30. The maximum absolute atomic E-state index is 9.69. The molecule has 5 nitrogen and oxygen atoms in total. The molecular weight excluding hydrogens is 352 g/mol. The van der Waals surface area contributed by atoms with Crippen LogP contribution in [0, 0.1) is 0 Å². The summed E-state index contributed by atoms with van der Waals surface area (Å²) in [5.74, 6) is 2.31. The van der Waals surface area contributed by atoms with Gasteiger partial charge in [0.2, 0.25) is 0 Å². The Labute approximate surface area is 165 Å². The van der Waals surface area contributed by atoms with Crippen LogP contribution in [0.2, 0.25) is 0 Å². The number of nitrogens with one attached hydrogen (secondary N) is 1. The van der Waals surface area contributed by atoms with Crippen molar-refractivity contribution in [1.82, 2.24) is 0 Å². The van der Waals surface area contributed by atoms with E-state index in [0.717, 1.165) is 34.9 Å². The molecular formula is C23H26N2O3. The lowest BCUT2D eigenvalue weighted by molar-refractivity contribution is 0.215. The highest BCUT2D eigenvalue weighted by Gasteiger charge is 2.10. The largest absolute Gasteiger partial charge is 0.491 e. The normalized spacial score (nSPS) is 11.6. The molecule has 0 bridgehead atoms. The van der Waals surface area contributed by atoms with E-state index in [-0.39, 0.29) is 12.6 Å². The van der Waals surface area contributed by atoms with Crippen LogP contribution in [-0.4, -0.2) is 24.4 Å². The van der Waals surface area contributed by atoms with Gasteiger partial charge >= 0.3 is 0 Å². The van der Waals surface area contributed by atoms with E-state index in [2.05, 4.69) is 18.3 Å². The van der Waals surface area contributed by atoms with Gasteiger partial charge < -0.3 is 25.6 Å². The molecule has 0 amide bonds. The third kappa shape index (κ3) is 5.41. The first-order chi connectivity index (χ1) is 13.7. The van der Waals surface area contributed by atoms with Crippen molar-refractivity contribution in [2.45, 2.75) is 19.4 Å². The van der Waals surface area contributed by atoms with Gasteiger partial charge in [-0.05, 0) is 66.6 Å². The molecule has 1 unspecified atom stereocenters. The highest BCUT2D eigenvalue weighted by molar-refractivity contribution is 5.49. The fraction of sp³-hybridized carbons (Fsp3) is 0.217. The number of rotatable bonds is 9. The second-order valence-corrected chi connectivity index (χ2v) is 6.49. The van der Waals surface area contributed by atoms with Crippen LogP contribution < -0.4 is 20.5 Å². The number of aliphatic hydroxyl groups is 1.